The Hall–Kier alpha value is -1.51. The molecule has 23 heavy (non-hydrogen) atoms. The summed E-state index contributed by atoms with van der Waals surface area (Å²) in [5.74, 6) is 0.169. The number of amides is 1. The van der Waals surface area contributed by atoms with E-state index in [-0.39, 0.29) is 11.3 Å². The number of carbonyl (C=O) groups excluding carboxylic acids is 1. The summed E-state index contributed by atoms with van der Waals surface area (Å²) in [5, 5.41) is 3.16. The molecule has 3 heteroatoms. The lowest BCUT2D eigenvalue weighted by Gasteiger charge is -2.22. The van der Waals surface area contributed by atoms with Crippen LogP contribution in [0.1, 0.15) is 56.6 Å². The second kappa shape index (κ2) is 4.99. The smallest absolute Gasteiger partial charge is 0.224 e. The van der Waals surface area contributed by atoms with Crippen LogP contribution in [0.5, 0.6) is 0 Å². The molecule has 3 nitrogen and oxygen atoms in total. The van der Waals surface area contributed by atoms with Crippen LogP contribution >= 0.6 is 0 Å². The molecule has 1 aliphatic heterocycles. The highest BCUT2D eigenvalue weighted by Crippen LogP contribution is 2.53. The fourth-order valence-electron chi connectivity index (χ4n) is 4.02. The Kier molecular flexibility index (Phi) is 3.26. The Morgan fingerprint density at radius 2 is 1.78 bits per heavy atom. The number of hydrogen-bond acceptors (Lipinski definition) is 2. The first-order valence-corrected chi connectivity index (χ1v) is 9.04. The van der Waals surface area contributed by atoms with Gasteiger partial charge in [0.2, 0.25) is 5.91 Å². The van der Waals surface area contributed by atoms with Crippen molar-refractivity contribution in [1.82, 2.24) is 0 Å². The molecular weight excluding hydrogens is 284 g/mol. The van der Waals surface area contributed by atoms with Gasteiger partial charge in [-0.3, -0.25) is 4.79 Å². The van der Waals surface area contributed by atoms with Crippen LogP contribution in [0.4, 0.5) is 11.4 Å². The van der Waals surface area contributed by atoms with Gasteiger partial charge in [-0.1, -0.05) is 6.92 Å². The standard InChI is InChI=1S/C20H28N2O/c1-14-10-16(22-9-8-20(13-22)6-7-20)11-15(2)18(14)21-17(23)12-19(3)4-5-19/h10-11H,4-9,12-13H2,1-3H3,(H,21,23). The average molecular weight is 312 g/mol. The van der Waals surface area contributed by atoms with Crippen molar-refractivity contribution in [2.24, 2.45) is 10.8 Å². The maximum Gasteiger partial charge on any atom is 0.224 e. The quantitative estimate of drug-likeness (QED) is 0.892. The number of rotatable bonds is 4. The fourth-order valence-corrected chi connectivity index (χ4v) is 4.02. The molecule has 4 rings (SSSR count). The van der Waals surface area contributed by atoms with E-state index in [1.54, 1.807) is 0 Å². The number of nitrogens with one attached hydrogen (secondary N) is 1. The Morgan fingerprint density at radius 3 is 2.30 bits per heavy atom. The fraction of sp³-hybridized carbons (Fsp3) is 0.650. The van der Waals surface area contributed by atoms with Gasteiger partial charge in [0.1, 0.15) is 0 Å². The topological polar surface area (TPSA) is 32.3 Å². The van der Waals surface area contributed by atoms with E-state index in [0.29, 0.717) is 11.8 Å². The Labute approximate surface area is 139 Å². The van der Waals surface area contributed by atoms with E-state index in [4.69, 9.17) is 0 Å². The maximum atomic E-state index is 12.3. The third-order valence-electron chi connectivity index (χ3n) is 6.23. The van der Waals surface area contributed by atoms with Crippen molar-refractivity contribution < 1.29 is 4.79 Å². The summed E-state index contributed by atoms with van der Waals surface area (Å²) in [7, 11) is 0. The Bertz CT molecular complexity index is 633. The van der Waals surface area contributed by atoms with Crippen LogP contribution in [-0.2, 0) is 4.79 Å². The zero-order valence-electron chi connectivity index (χ0n) is 14.7. The van der Waals surface area contributed by atoms with Crippen molar-refractivity contribution in [3.05, 3.63) is 23.3 Å². The first-order chi connectivity index (χ1) is 10.9. The second-order valence-corrected chi connectivity index (χ2v) is 8.66. The minimum atomic E-state index is 0.169. The molecule has 124 valence electrons. The predicted molar refractivity (Wildman–Crippen MR) is 95.0 cm³/mol. The molecule has 1 N–H and O–H groups in total. The first-order valence-electron chi connectivity index (χ1n) is 9.04. The van der Waals surface area contributed by atoms with Crippen LogP contribution in [0.15, 0.2) is 12.1 Å². The molecule has 1 saturated heterocycles. The molecule has 0 unspecified atom stereocenters. The van der Waals surface area contributed by atoms with E-state index in [9.17, 15) is 4.79 Å². The van der Waals surface area contributed by atoms with E-state index in [2.05, 4.69) is 43.1 Å². The van der Waals surface area contributed by atoms with E-state index < -0.39 is 0 Å². The zero-order valence-corrected chi connectivity index (χ0v) is 14.7. The van der Waals surface area contributed by atoms with E-state index in [1.807, 2.05) is 0 Å². The summed E-state index contributed by atoms with van der Waals surface area (Å²) in [5.41, 5.74) is 5.63. The normalized spacial score (nSPS) is 23.2. The summed E-state index contributed by atoms with van der Waals surface area (Å²) in [6.07, 6.45) is 7.20. The van der Waals surface area contributed by atoms with E-state index in [1.165, 1.54) is 62.0 Å². The number of aryl methyl sites for hydroxylation is 2. The molecule has 1 aromatic carbocycles. The van der Waals surface area contributed by atoms with Crippen molar-refractivity contribution in [2.75, 3.05) is 23.3 Å². The van der Waals surface area contributed by atoms with Crippen molar-refractivity contribution >= 4 is 17.3 Å². The molecule has 1 amide bonds. The number of nitrogens with zero attached hydrogens (tertiary/aromatic N) is 1. The van der Waals surface area contributed by atoms with Gasteiger partial charge < -0.3 is 10.2 Å². The predicted octanol–water partition coefficient (Wildman–Crippen LogP) is 4.42. The summed E-state index contributed by atoms with van der Waals surface area (Å²) in [6, 6.07) is 4.51. The van der Waals surface area contributed by atoms with E-state index >= 15 is 0 Å². The molecule has 0 radical (unpaired) electrons. The van der Waals surface area contributed by atoms with Crippen LogP contribution in [0.25, 0.3) is 0 Å². The van der Waals surface area contributed by atoms with Crippen LogP contribution in [0.2, 0.25) is 0 Å². The Balaban J connectivity index is 1.49. The molecule has 0 atom stereocenters. The lowest BCUT2D eigenvalue weighted by Crippen LogP contribution is -2.21. The summed E-state index contributed by atoms with van der Waals surface area (Å²) in [4.78, 5) is 14.8. The van der Waals surface area contributed by atoms with Gasteiger partial charge in [0, 0.05) is 30.9 Å². The zero-order chi connectivity index (χ0) is 16.2. The first kappa shape index (κ1) is 15.0. The highest BCUT2D eigenvalue weighted by Gasteiger charge is 2.47. The number of carbonyl (C=O) groups is 1. The lowest BCUT2D eigenvalue weighted by molar-refractivity contribution is -0.117. The molecule has 0 aromatic heterocycles. The highest BCUT2D eigenvalue weighted by atomic mass is 16.1. The van der Waals surface area contributed by atoms with Gasteiger partial charge in [0.05, 0.1) is 0 Å². The van der Waals surface area contributed by atoms with Gasteiger partial charge in [-0.15, -0.1) is 0 Å². The molecule has 2 aliphatic carbocycles. The van der Waals surface area contributed by atoms with Crippen molar-refractivity contribution in [3.63, 3.8) is 0 Å². The van der Waals surface area contributed by atoms with Gasteiger partial charge in [-0.05, 0) is 80.0 Å². The van der Waals surface area contributed by atoms with Gasteiger partial charge in [-0.25, -0.2) is 0 Å². The summed E-state index contributed by atoms with van der Waals surface area (Å²) < 4.78 is 0. The minimum absolute atomic E-state index is 0.169. The van der Waals surface area contributed by atoms with Crippen molar-refractivity contribution in [3.8, 4) is 0 Å². The molecule has 3 fully saturated rings. The number of benzene rings is 1. The van der Waals surface area contributed by atoms with Crippen LogP contribution < -0.4 is 10.2 Å². The molecular formula is C20H28N2O. The molecule has 0 bridgehead atoms. The van der Waals surface area contributed by atoms with Crippen molar-refractivity contribution in [2.45, 2.75) is 59.3 Å². The average Bonchev–Trinajstić information content (AvgIpc) is 3.34. The monoisotopic (exact) mass is 312 g/mol. The molecule has 1 aromatic rings. The summed E-state index contributed by atoms with van der Waals surface area (Å²) in [6.45, 7) is 8.84. The number of anilines is 2. The third kappa shape index (κ3) is 2.98. The third-order valence-corrected chi connectivity index (χ3v) is 6.23. The highest BCUT2D eigenvalue weighted by molar-refractivity contribution is 5.93. The van der Waals surface area contributed by atoms with Crippen molar-refractivity contribution in [1.29, 1.82) is 0 Å². The molecule has 1 heterocycles. The van der Waals surface area contributed by atoms with Gasteiger partial charge >= 0.3 is 0 Å². The minimum Gasteiger partial charge on any atom is -0.371 e. The number of hydrogen-bond donors (Lipinski definition) is 1. The SMILES string of the molecule is Cc1cc(N2CCC3(CC3)C2)cc(C)c1NC(=O)CC1(C)CC1. The maximum absolute atomic E-state index is 12.3. The molecule has 1 spiro atoms. The van der Waals surface area contributed by atoms with Gasteiger partial charge in [-0.2, -0.15) is 0 Å². The van der Waals surface area contributed by atoms with Crippen LogP contribution in [-0.4, -0.2) is 19.0 Å². The van der Waals surface area contributed by atoms with E-state index in [0.717, 1.165) is 5.69 Å². The second-order valence-electron chi connectivity index (χ2n) is 8.66. The van der Waals surface area contributed by atoms with Crippen LogP contribution in [0, 0.1) is 24.7 Å². The molecule has 3 aliphatic rings. The van der Waals surface area contributed by atoms with Crippen LogP contribution in [0.3, 0.4) is 0 Å². The van der Waals surface area contributed by atoms with Gasteiger partial charge in [0.15, 0.2) is 0 Å². The largest absolute Gasteiger partial charge is 0.371 e. The van der Waals surface area contributed by atoms with Gasteiger partial charge in [0.25, 0.3) is 0 Å². The lowest BCUT2D eigenvalue weighted by atomic mass is 10.0. The summed E-state index contributed by atoms with van der Waals surface area (Å²) >= 11 is 0. The molecule has 2 saturated carbocycles. The Morgan fingerprint density at radius 1 is 1.13 bits per heavy atom.